The highest BCUT2D eigenvalue weighted by atomic mass is 16.5. The molecular formula is C28H38O4. The van der Waals surface area contributed by atoms with E-state index in [4.69, 9.17) is 9.47 Å². The van der Waals surface area contributed by atoms with Crippen LogP contribution in [0.5, 0.6) is 5.75 Å². The van der Waals surface area contributed by atoms with Crippen molar-refractivity contribution in [3.8, 4) is 5.75 Å². The van der Waals surface area contributed by atoms with E-state index < -0.39 is 11.0 Å². The number of ketones is 1. The third kappa shape index (κ3) is 2.78. The van der Waals surface area contributed by atoms with Crippen LogP contribution in [0.4, 0.5) is 0 Å². The Bertz CT molecular complexity index is 933. The van der Waals surface area contributed by atoms with Crippen LogP contribution in [0.3, 0.4) is 0 Å². The quantitative estimate of drug-likeness (QED) is 0.658. The van der Waals surface area contributed by atoms with E-state index in [1.54, 1.807) is 7.11 Å². The number of aliphatic hydroxyl groups is 1. The van der Waals surface area contributed by atoms with Crippen molar-refractivity contribution < 1.29 is 19.4 Å². The number of hydrogen-bond donors (Lipinski definition) is 1. The van der Waals surface area contributed by atoms with Gasteiger partial charge in [-0.05, 0) is 73.0 Å². The average Bonchev–Trinajstić information content (AvgIpc) is 3.26. The van der Waals surface area contributed by atoms with Crippen molar-refractivity contribution in [1.29, 1.82) is 0 Å². The summed E-state index contributed by atoms with van der Waals surface area (Å²) in [6, 6.07) is 8.01. The molecule has 1 aromatic carbocycles. The van der Waals surface area contributed by atoms with Gasteiger partial charge in [-0.1, -0.05) is 45.1 Å². The van der Waals surface area contributed by atoms with Gasteiger partial charge in [-0.15, -0.1) is 0 Å². The maximum Gasteiger partial charge on any atom is 0.142 e. The summed E-state index contributed by atoms with van der Waals surface area (Å²) < 4.78 is 11.8. The van der Waals surface area contributed by atoms with Gasteiger partial charge in [0.05, 0.1) is 30.8 Å². The summed E-state index contributed by atoms with van der Waals surface area (Å²) in [5.74, 6) is 1.96. The lowest BCUT2D eigenvalue weighted by Crippen LogP contribution is -2.60. The van der Waals surface area contributed by atoms with E-state index in [1.165, 1.54) is 0 Å². The fraction of sp³-hybridized carbons (Fsp3) is 0.679. The van der Waals surface area contributed by atoms with Crippen LogP contribution in [0.1, 0.15) is 58.9 Å². The number of ether oxygens (including phenoxy) is 2. The molecule has 0 aromatic heterocycles. The normalized spacial score (nSPS) is 44.3. The minimum atomic E-state index is -1.00. The van der Waals surface area contributed by atoms with Crippen molar-refractivity contribution in [3.05, 3.63) is 42.0 Å². The smallest absolute Gasteiger partial charge is 0.142 e. The molecule has 0 spiro atoms. The standard InChI is InChI=1S/C28H38O4/c1-16-11-20-22(12-17(2)25(20)32-15-18-7-9-19(31-6)10-8-18)28(30)21(16)13-23-26(3,4)14-24(29)27(23,28)5/h7-10,17,20-23,25,30H,1,11-15H2,2-6H3/t17-,20+,21-,22+,23?,25+,27+,28-/m0/s1. The van der Waals surface area contributed by atoms with E-state index >= 15 is 0 Å². The lowest BCUT2D eigenvalue weighted by Gasteiger charge is -2.52. The second kappa shape index (κ2) is 7.17. The Hall–Kier alpha value is -1.65. The van der Waals surface area contributed by atoms with Crippen molar-refractivity contribution in [2.24, 2.45) is 40.4 Å². The molecule has 4 heteroatoms. The first-order valence-electron chi connectivity index (χ1n) is 12.2. The molecule has 0 saturated heterocycles. The van der Waals surface area contributed by atoms with E-state index in [9.17, 15) is 9.90 Å². The second-order valence-electron chi connectivity index (χ2n) is 11.9. The number of carbonyl (C=O) groups excluding carboxylic acids is 1. The largest absolute Gasteiger partial charge is 0.497 e. The zero-order chi connectivity index (χ0) is 23.1. The summed E-state index contributed by atoms with van der Waals surface area (Å²) in [5.41, 5.74) is 0.490. The zero-order valence-electron chi connectivity index (χ0n) is 20.2. The Morgan fingerprint density at radius 1 is 1.16 bits per heavy atom. The summed E-state index contributed by atoms with van der Waals surface area (Å²) in [4.78, 5) is 13.4. The van der Waals surface area contributed by atoms with Gasteiger partial charge in [-0.2, -0.15) is 0 Å². The Labute approximate surface area is 192 Å². The van der Waals surface area contributed by atoms with Gasteiger partial charge in [0.15, 0.2) is 0 Å². The zero-order valence-corrected chi connectivity index (χ0v) is 20.2. The first kappa shape index (κ1) is 22.2. The molecule has 1 aromatic rings. The first-order valence-corrected chi connectivity index (χ1v) is 12.2. The van der Waals surface area contributed by atoms with Crippen LogP contribution in [0.2, 0.25) is 0 Å². The van der Waals surface area contributed by atoms with E-state index in [2.05, 4.69) is 34.3 Å². The Morgan fingerprint density at radius 3 is 2.50 bits per heavy atom. The monoisotopic (exact) mass is 438 g/mol. The number of fused-ring (bicyclic) bond motifs is 5. The van der Waals surface area contributed by atoms with Crippen molar-refractivity contribution in [3.63, 3.8) is 0 Å². The van der Waals surface area contributed by atoms with Crippen LogP contribution >= 0.6 is 0 Å². The average molecular weight is 439 g/mol. The van der Waals surface area contributed by atoms with Crippen LogP contribution in [-0.4, -0.2) is 29.7 Å². The molecule has 0 aliphatic heterocycles. The van der Waals surface area contributed by atoms with Gasteiger partial charge in [-0.25, -0.2) is 0 Å². The van der Waals surface area contributed by atoms with Crippen LogP contribution < -0.4 is 4.74 Å². The first-order chi connectivity index (χ1) is 15.0. The van der Waals surface area contributed by atoms with Gasteiger partial charge in [0.1, 0.15) is 11.5 Å². The minimum absolute atomic E-state index is 0.0230. The fourth-order valence-corrected chi connectivity index (χ4v) is 8.42. The molecule has 4 saturated carbocycles. The third-order valence-electron chi connectivity index (χ3n) is 9.95. The van der Waals surface area contributed by atoms with Crippen molar-refractivity contribution >= 4 is 5.78 Å². The van der Waals surface area contributed by atoms with Crippen LogP contribution in [0.15, 0.2) is 36.4 Å². The Morgan fingerprint density at radius 2 is 1.84 bits per heavy atom. The topological polar surface area (TPSA) is 55.8 Å². The van der Waals surface area contributed by atoms with Crippen LogP contribution in [0.25, 0.3) is 0 Å². The molecule has 4 nitrogen and oxygen atoms in total. The Kier molecular flexibility index (Phi) is 4.97. The molecule has 0 heterocycles. The molecule has 0 amide bonds. The predicted octanol–water partition coefficient (Wildman–Crippen LogP) is 5.19. The third-order valence-corrected chi connectivity index (χ3v) is 9.95. The number of benzene rings is 1. The molecule has 5 rings (SSSR count). The van der Waals surface area contributed by atoms with Crippen molar-refractivity contribution in [2.75, 3.05) is 7.11 Å². The second-order valence-corrected chi connectivity index (χ2v) is 11.9. The highest BCUT2D eigenvalue weighted by Gasteiger charge is 2.76. The molecule has 8 atom stereocenters. The van der Waals surface area contributed by atoms with Gasteiger partial charge in [0, 0.05) is 12.3 Å². The van der Waals surface area contributed by atoms with Gasteiger partial charge in [-0.3, -0.25) is 4.79 Å². The number of rotatable bonds is 4. The predicted molar refractivity (Wildman–Crippen MR) is 124 cm³/mol. The Balaban J connectivity index is 1.43. The molecule has 4 aliphatic rings. The fourth-order valence-electron chi connectivity index (χ4n) is 8.42. The van der Waals surface area contributed by atoms with Crippen LogP contribution in [0, 0.1) is 40.4 Å². The molecule has 4 aliphatic carbocycles. The van der Waals surface area contributed by atoms with Gasteiger partial charge in [0.2, 0.25) is 0 Å². The van der Waals surface area contributed by atoms with E-state index in [1.807, 2.05) is 24.3 Å². The number of carbonyl (C=O) groups is 1. The lowest BCUT2D eigenvalue weighted by molar-refractivity contribution is -0.169. The number of methoxy groups -OCH3 is 1. The highest BCUT2D eigenvalue weighted by molar-refractivity contribution is 5.90. The molecule has 1 N–H and O–H groups in total. The van der Waals surface area contributed by atoms with E-state index in [-0.39, 0.29) is 41.0 Å². The molecule has 0 bridgehead atoms. The maximum absolute atomic E-state index is 13.4. The molecular weight excluding hydrogens is 400 g/mol. The molecule has 1 unspecified atom stereocenters. The van der Waals surface area contributed by atoms with Crippen LogP contribution in [-0.2, 0) is 16.1 Å². The number of hydrogen-bond acceptors (Lipinski definition) is 4. The van der Waals surface area contributed by atoms with Crippen molar-refractivity contribution in [2.45, 2.75) is 71.7 Å². The summed E-state index contributed by atoms with van der Waals surface area (Å²) >= 11 is 0. The number of Topliss-reactive ketones (excluding diaryl/α,β-unsaturated/α-hetero) is 1. The highest BCUT2D eigenvalue weighted by Crippen LogP contribution is 2.73. The van der Waals surface area contributed by atoms with E-state index in [0.717, 1.165) is 36.1 Å². The minimum Gasteiger partial charge on any atom is -0.497 e. The van der Waals surface area contributed by atoms with Gasteiger partial charge >= 0.3 is 0 Å². The lowest BCUT2D eigenvalue weighted by atomic mass is 9.55. The molecule has 32 heavy (non-hydrogen) atoms. The van der Waals surface area contributed by atoms with E-state index in [0.29, 0.717) is 18.9 Å². The SMILES string of the molecule is C=C1C[C@H]2[C@H](OCc3ccc(OC)cc3)[C@@H](C)C[C@H]2[C@@]2(O)[C@H]1CC1C(C)(C)CC(=O)[C@@]12C. The van der Waals surface area contributed by atoms with Crippen molar-refractivity contribution in [1.82, 2.24) is 0 Å². The molecule has 174 valence electrons. The molecule has 0 radical (unpaired) electrons. The van der Waals surface area contributed by atoms with Gasteiger partial charge < -0.3 is 14.6 Å². The summed E-state index contributed by atoms with van der Waals surface area (Å²) in [6.45, 7) is 13.7. The summed E-state index contributed by atoms with van der Waals surface area (Å²) in [6.07, 6.45) is 3.33. The summed E-state index contributed by atoms with van der Waals surface area (Å²) in [7, 11) is 1.67. The summed E-state index contributed by atoms with van der Waals surface area (Å²) in [5, 5.41) is 12.5. The maximum atomic E-state index is 13.4. The van der Waals surface area contributed by atoms with Gasteiger partial charge in [0.25, 0.3) is 0 Å². The molecule has 4 fully saturated rings.